The monoisotopic (exact) mass is 522 g/mol. The van der Waals surface area contributed by atoms with Crippen molar-refractivity contribution in [1.29, 1.82) is 0 Å². The molecule has 0 radical (unpaired) electrons. The molecule has 3 aromatic rings. The normalized spacial score (nSPS) is 12.3. The van der Waals surface area contributed by atoms with E-state index in [-0.39, 0.29) is 30.3 Å². The summed E-state index contributed by atoms with van der Waals surface area (Å²) in [6.45, 7) is 12.3. The average Bonchev–Trinajstić information content (AvgIpc) is 2.94. The predicted octanol–water partition coefficient (Wildman–Crippen LogP) is 4.88. The Morgan fingerprint density at radius 1 is 1.24 bits per heavy atom. The third-order valence-electron chi connectivity index (χ3n) is 5.71. The van der Waals surface area contributed by atoms with E-state index >= 15 is 4.39 Å². The van der Waals surface area contributed by atoms with Gasteiger partial charge in [-0.25, -0.2) is 14.4 Å². The quantitative estimate of drug-likeness (QED) is 0.263. The van der Waals surface area contributed by atoms with Gasteiger partial charge in [0.15, 0.2) is 5.82 Å². The zero-order valence-electron chi connectivity index (χ0n) is 22.1. The largest absolute Gasteiger partial charge is 0.489 e. The van der Waals surface area contributed by atoms with Gasteiger partial charge >= 0.3 is 0 Å². The number of nitrogens with one attached hydrogen (secondary N) is 1. The van der Waals surface area contributed by atoms with Crippen LogP contribution in [0.2, 0.25) is 0 Å². The molecule has 1 aromatic heterocycles. The molecule has 38 heavy (non-hydrogen) atoms. The number of ether oxygens (including phenoxy) is 1. The minimum atomic E-state index is -0.571. The van der Waals surface area contributed by atoms with Crippen LogP contribution in [0.25, 0.3) is 22.6 Å². The number of aliphatic hydroxyl groups is 2. The summed E-state index contributed by atoms with van der Waals surface area (Å²) in [4.78, 5) is 16.6. The van der Waals surface area contributed by atoms with Crippen molar-refractivity contribution in [2.45, 2.75) is 26.9 Å². The summed E-state index contributed by atoms with van der Waals surface area (Å²) in [5.41, 5.74) is 8.31. The number of hydrogen-bond donors (Lipinski definition) is 4. The van der Waals surface area contributed by atoms with Crippen LogP contribution in [-0.2, 0) is 0 Å². The number of nitrogens with zero attached hydrogens (tertiary/aromatic N) is 4. The minimum Gasteiger partial charge on any atom is -0.489 e. The molecule has 0 fully saturated rings. The average molecular weight is 523 g/mol. The summed E-state index contributed by atoms with van der Waals surface area (Å²) < 4.78 is 21.4. The van der Waals surface area contributed by atoms with Crippen molar-refractivity contribution in [2.24, 2.45) is 21.6 Å². The molecule has 5 N–H and O–H groups in total. The molecule has 1 atom stereocenters. The van der Waals surface area contributed by atoms with Crippen LogP contribution in [0.15, 0.2) is 53.4 Å². The SMILES string of the molecule is C=Cc1c(N=C)ccc(Nc2ncnc3cc(/C(C=NC)=C/N)cc(OC(C)C(CO)CO)c23)c1F.CC. The van der Waals surface area contributed by atoms with E-state index in [4.69, 9.17) is 10.5 Å². The van der Waals surface area contributed by atoms with E-state index in [1.165, 1.54) is 24.7 Å². The first-order chi connectivity index (χ1) is 18.4. The molecule has 0 aliphatic carbocycles. The highest BCUT2D eigenvalue weighted by Crippen LogP contribution is 2.37. The van der Waals surface area contributed by atoms with Crippen LogP contribution in [-0.4, -0.2) is 59.5 Å². The number of halogens is 1. The van der Waals surface area contributed by atoms with Crippen LogP contribution in [0.5, 0.6) is 5.75 Å². The summed E-state index contributed by atoms with van der Waals surface area (Å²) >= 11 is 0. The Kier molecular flexibility index (Phi) is 11.5. The Morgan fingerprint density at radius 3 is 2.53 bits per heavy atom. The van der Waals surface area contributed by atoms with Crippen molar-refractivity contribution in [3.05, 3.63) is 60.3 Å². The number of anilines is 2. The second-order valence-corrected chi connectivity index (χ2v) is 7.90. The number of aliphatic hydroxyl groups excluding tert-OH is 2. The highest BCUT2D eigenvalue weighted by Gasteiger charge is 2.22. The maximum absolute atomic E-state index is 15.2. The molecule has 2 aromatic carbocycles. The van der Waals surface area contributed by atoms with Crippen molar-refractivity contribution < 1.29 is 19.3 Å². The Hall–Kier alpha value is -4.15. The highest BCUT2D eigenvalue weighted by molar-refractivity contribution is 6.11. The smallest absolute Gasteiger partial charge is 0.156 e. The number of benzene rings is 2. The summed E-state index contributed by atoms with van der Waals surface area (Å²) in [5.74, 6) is -0.461. The molecule has 0 amide bonds. The van der Waals surface area contributed by atoms with Gasteiger partial charge in [-0.2, -0.15) is 0 Å². The van der Waals surface area contributed by atoms with Crippen molar-refractivity contribution in [3.8, 4) is 5.75 Å². The molecule has 0 saturated carbocycles. The molecule has 1 unspecified atom stereocenters. The fraction of sp³-hybridized carbons (Fsp3) is 0.286. The van der Waals surface area contributed by atoms with E-state index in [0.29, 0.717) is 33.5 Å². The van der Waals surface area contributed by atoms with Gasteiger partial charge in [0, 0.05) is 36.5 Å². The van der Waals surface area contributed by atoms with Crippen LogP contribution >= 0.6 is 0 Å². The molecule has 10 heteroatoms. The molecule has 3 rings (SSSR count). The fourth-order valence-corrected chi connectivity index (χ4v) is 3.65. The Bertz CT molecular complexity index is 1320. The lowest BCUT2D eigenvalue weighted by Crippen LogP contribution is -2.29. The first-order valence-corrected chi connectivity index (χ1v) is 12.1. The van der Waals surface area contributed by atoms with Gasteiger partial charge in [0.2, 0.25) is 0 Å². The molecule has 9 nitrogen and oxygen atoms in total. The number of nitrogens with two attached hydrogens (primary N) is 1. The van der Waals surface area contributed by atoms with E-state index in [1.54, 1.807) is 38.4 Å². The lowest BCUT2D eigenvalue weighted by atomic mass is 10.0. The molecule has 0 spiro atoms. The third kappa shape index (κ3) is 6.58. The van der Waals surface area contributed by atoms with E-state index in [2.05, 4.69) is 38.6 Å². The van der Waals surface area contributed by atoms with Gasteiger partial charge in [0.05, 0.1) is 35.5 Å². The predicted molar refractivity (Wildman–Crippen MR) is 154 cm³/mol. The lowest BCUT2D eigenvalue weighted by Gasteiger charge is -2.23. The Labute approximate surface area is 222 Å². The number of rotatable bonds is 11. The fourth-order valence-electron chi connectivity index (χ4n) is 3.65. The van der Waals surface area contributed by atoms with Gasteiger partial charge in [-0.05, 0) is 43.5 Å². The molecule has 0 aliphatic heterocycles. The number of aliphatic imine (C=N–C) groups is 2. The van der Waals surface area contributed by atoms with E-state index in [0.717, 1.165) is 0 Å². The van der Waals surface area contributed by atoms with Gasteiger partial charge in [-0.1, -0.05) is 26.5 Å². The van der Waals surface area contributed by atoms with Crippen LogP contribution in [0.1, 0.15) is 31.9 Å². The van der Waals surface area contributed by atoms with Gasteiger partial charge in [0.1, 0.15) is 24.0 Å². The summed E-state index contributed by atoms with van der Waals surface area (Å²) in [6.07, 6.45) is 5.15. The third-order valence-corrected chi connectivity index (χ3v) is 5.71. The first-order valence-electron chi connectivity index (χ1n) is 12.1. The second-order valence-electron chi connectivity index (χ2n) is 7.90. The van der Waals surface area contributed by atoms with Gasteiger partial charge < -0.3 is 26.0 Å². The summed E-state index contributed by atoms with van der Waals surface area (Å²) in [7, 11) is 1.63. The van der Waals surface area contributed by atoms with E-state index in [9.17, 15) is 10.2 Å². The van der Waals surface area contributed by atoms with Gasteiger partial charge in [-0.3, -0.25) is 9.98 Å². The Balaban J connectivity index is 0.00000247. The summed E-state index contributed by atoms with van der Waals surface area (Å²) in [5, 5.41) is 22.7. The van der Waals surface area contributed by atoms with Crippen LogP contribution in [0.4, 0.5) is 21.6 Å². The maximum atomic E-state index is 15.2. The topological polar surface area (TPSA) is 138 Å². The number of hydrogen-bond acceptors (Lipinski definition) is 9. The lowest BCUT2D eigenvalue weighted by molar-refractivity contribution is 0.0580. The Morgan fingerprint density at radius 2 is 1.95 bits per heavy atom. The maximum Gasteiger partial charge on any atom is 0.156 e. The standard InChI is InChI=1S/C26H29FN6O3.C2H6/c1-5-19-20(30-4)6-7-21(25(19)27)33-26-24-22(31-14-32-26)8-16(17(10-28)11-29-3)9-23(24)36-15(2)18(12-34)13-35;1-2/h5-11,14-15,18,34-35H,1,4,12-13,28H2,2-3H3,(H,31,32,33);1-2H3/b17-10+,29-11?;. The number of fused-ring (bicyclic) bond motifs is 1. The van der Waals surface area contributed by atoms with E-state index in [1.807, 2.05) is 13.8 Å². The van der Waals surface area contributed by atoms with Crippen LogP contribution in [0.3, 0.4) is 0 Å². The summed E-state index contributed by atoms with van der Waals surface area (Å²) in [6, 6.07) is 6.66. The van der Waals surface area contributed by atoms with Crippen LogP contribution in [0, 0.1) is 11.7 Å². The zero-order chi connectivity index (χ0) is 28.2. The zero-order valence-corrected chi connectivity index (χ0v) is 22.1. The van der Waals surface area contributed by atoms with Crippen molar-refractivity contribution in [2.75, 3.05) is 25.6 Å². The van der Waals surface area contributed by atoms with Gasteiger partial charge in [-0.15, -0.1) is 0 Å². The van der Waals surface area contributed by atoms with E-state index < -0.39 is 17.8 Å². The molecular weight excluding hydrogens is 487 g/mol. The first kappa shape index (κ1) is 30.1. The molecule has 202 valence electrons. The van der Waals surface area contributed by atoms with Crippen molar-refractivity contribution in [1.82, 2.24) is 9.97 Å². The molecule has 1 heterocycles. The molecule has 0 bridgehead atoms. The molecule has 0 saturated heterocycles. The van der Waals surface area contributed by atoms with Crippen molar-refractivity contribution in [3.63, 3.8) is 0 Å². The number of aromatic nitrogens is 2. The number of allylic oxidation sites excluding steroid dienone is 1. The van der Waals surface area contributed by atoms with Gasteiger partial charge in [0.25, 0.3) is 0 Å². The minimum absolute atomic E-state index is 0.143. The second kappa shape index (κ2) is 14.6. The molecule has 0 aliphatic rings. The highest BCUT2D eigenvalue weighted by atomic mass is 19.1. The molecular formula is C28H35FN6O3. The van der Waals surface area contributed by atoms with Crippen LogP contribution < -0.4 is 15.8 Å². The van der Waals surface area contributed by atoms with Crippen molar-refractivity contribution >= 4 is 52.7 Å².